The second-order valence-electron chi connectivity index (χ2n) is 8.07. The number of aromatic nitrogens is 3. The van der Waals surface area contributed by atoms with E-state index in [0.717, 1.165) is 22.5 Å². The summed E-state index contributed by atoms with van der Waals surface area (Å²) in [5.41, 5.74) is 5.81. The Morgan fingerprint density at radius 2 is 1.69 bits per heavy atom. The van der Waals surface area contributed by atoms with E-state index in [1.165, 1.54) is 17.3 Å². The summed E-state index contributed by atoms with van der Waals surface area (Å²) in [6.07, 6.45) is 0. The zero-order valence-electron chi connectivity index (χ0n) is 18.6. The van der Waals surface area contributed by atoms with Crippen LogP contribution in [0.3, 0.4) is 0 Å². The number of carbonyl (C=O) groups is 1. The molecular weight excluding hydrogens is 420 g/mol. The van der Waals surface area contributed by atoms with E-state index in [1.54, 1.807) is 4.57 Å². The van der Waals surface area contributed by atoms with Crippen molar-refractivity contribution in [3.63, 3.8) is 0 Å². The molecule has 7 heteroatoms. The minimum Gasteiger partial charge on any atom is -0.353 e. The van der Waals surface area contributed by atoms with Crippen LogP contribution in [0.25, 0.3) is 16.7 Å². The molecule has 4 aromatic rings. The quantitative estimate of drug-likeness (QED) is 0.335. The van der Waals surface area contributed by atoms with Gasteiger partial charge in [0.15, 0.2) is 5.16 Å². The highest BCUT2D eigenvalue weighted by Crippen LogP contribution is 2.22. The van der Waals surface area contributed by atoms with E-state index in [1.807, 2.05) is 82.3 Å². The standard InChI is InChI=1S/C25H26N4O2S/c1-15-5-9-19(10-6-15)18(4)27-22(30)14-32-25-28-21-13-17(3)26-23(21)24(31)29(25)20-11-7-16(2)8-12-20/h5-13,18,26H,14H2,1-4H3,(H,27,30). The molecule has 1 atom stereocenters. The lowest BCUT2D eigenvalue weighted by molar-refractivity contribution is -0.119. The zero-order valence-corrected chi connectivity index (χ0v) is 19.4. The van der Waals surface area contributed by atoms with Crippen molar-refractivity contribution in [2.45, 2.75) is 38.9 Å². The summed E-state index contributed by atoms with van der Waals surface area (Å²) < 4.78 is 1.57. The maximum absolute atomic E-state index is 13.3. The van der Waals surface area contributed by atoms with Crippen LogP contribution in [0.1, 0.15) is 35.3 Å². The number of amides is 1. The van der Waals surface area contributed by atoms with Gasteiger partial charge in [-0.3, -0.25) is 14.2 Å². The van der Waals surface area contributed by atoms with Crippen molar-refractivity contribution in [2.24, 2.45) is 0 Å². The molecule has 0 saturated carbocycles. The lowest BCUT2D eigenvalue weighted by Crippen LogP contribution is -2.29. The van der Waals surface area contributed by atoms with E-state index in [0.29, 0.717) is 16.2 Å². The van der Waals surface area contributed by atoms with Crippen LogP contribution in [0.15, 0.2) is 64.5 Å². The molecule has 32 heavy (non-hydrogen) atoms. The maximum Gasteiger partial charge on any atom is 0.283 e. The van der Waals surface area contributed by atoms with Crippen LogP contribution in [0.5, 0.6) is 0 Å². The van der Waals surface area contributed by atoms with Gasteiger partial charge in [-0.05, 0) is 51.5 Å². The van der Waals surface area contributed by atoms with Gasteiger partial charge in [0, 0.05) is 5.69 Å². The van der Waals surface area contributed by atoms with Gasteiger partial charge in [0.25, 0.3) is 5.56 Å². The third kappa shape index (κ3) is 4.62. The number of benzene rings is 2. The lowest BCUT2D eigenvalue weighted by atomic mass is 10.1. The fraction of sp³-hybridized carbons (Fsp3) is 0.240. The van der Waals surface area contributed by atoms with Crippen LogP contribution in [-0.4, -0.2) is 26.2 Å². The number of fused-ring (bicyclic) bond motifs is 1. The van der Waals surface area contributed by atoms with Crippen molar-refractivity contribution in [3.05, 3.63) is 87.3 Å². The number of hydrogen-bond acceptors (Lipinski definition) is 4. The molecule has 2 aromatic heterocycles. The molecule has 2 heterocycles. The van der Waals surface area contributed by atoms with Crippen LogP contribution in [0.2, 0.25) is 0 Å². The SMILES string of the molecule is Cc1ccc(C(C)NC(=O)CSc2nc3cc(C)[nH]c3c(=O)n2-c2ccc(C)cc2)cc1. The molecule has 0 aliphatic carbocycles. The molecular formula is C25H26N4O2S. The van der Waals surface area contributed by atoms with Crippen molar-refractivity contribution in [3.8, 4) is 5.69 Å². The van der Waals surface area contributed by atoms with Crippen molar-refractivity contribution < 1.29 is 4.79 Å². The second-order valence-corrected chi connectivity index (χ2v) is 9.01. The molecule has 2 aromatic carbocycles. The molecule has 4 rings (SSSR count). The van der Waals surface area contributed by atoms with E-state index in [9.17, 15) is 9.59 Å². The third-order valence-corrected chi connectivity index (χ3v) is 6.27. The number of thioether (sulfide) groups is 1. The van der Waals surface area contributed by atoms with Crippen molar-refractivity contribution in [1.82, 2.24) is 19.9 Å². The van der Waals surface area contributed by atoms with E-state index >= 15 is 0 Å². The van der Waals surface area contributed by atoms with Gasteiger partial charge < -0.3 is 10.3 Å². The molecule has 164 valence electrons. The number of nitrogens with zero attached hydrogens (tertiary/aromatic N) is 2. The second kappa shape index (κ2) is 9.04. The van der Waals surface area contributed by atoms with Gasteiger partial charge in [-0.2, -0.15) is 0 Å². The smallest absolute Gasteiger partial charge is 0.283 e. The van der Waals surface area contributed by atoms with Crippen molar-refractivity contribution >= 4 is 28.7 Å². The van der Waals surface area contributed by atoms with Gasteiger partial charge in [-0.1, -0.05) is 59.3 Å². The minimum absolute atomic E-state index is 0.106. The largest absolute Gasteiger partial charge is 0.353 e. The van der Waals surface area contributed by atoms with Gasteiger partial charge in [-0.25, -0.2) is 4.98 Å². The molecule has 0 radical (unpaired) electrons. The fourth-order valence-electron chi connectivity index (χ4n) is 3.55. The predicted molar refractivity (Wildman–Crippen MR) is 130 cm³/mol. The minimum atomic E-state index is -0.178. The van der Waals surface area contributed by atoms with Crippen LogP contribution in [0, 0.1) is 20.8 Å². The Morgan fingerprint density at radius 1 is 1.06 bits per heavy atom. The van der Waals surface area contributed by atoms with Crippen LogP contribution in [0.4, 0.5) is 0 Å². The van der Waals surface area contributed by atoms with E-state index < -0.39 is 0 Å². The van der Waals surface area contributed by atoms with Gasteiger partial charge >= 0.3 is 0 Å². The Hall–Kier alpha value is -3.32. The molecule has 0 saturated heterocycles. The number of aromatic amines is 1. The van der Waals surface area contributed by atoms with Crippen LogP contribution >= 0.6 is 11.8 Å². The Kier molecular flexibility index (Phi) is 6.19. The molecule has 1 amide bonds. The molecule has 1 unspecified atom stereocenters. The summed E-state index contributed by atoms with van der Waals surface area (Å²) in [5.74, 6) is 0.0433. The molecule has 2 N–H and O–H groups in total. The van der Waals surface area contributed by atoms with E-state index in [4.69, 9.17) is 0 Å². The number of carbonyl (C=O) groups excluding carboxylic acids is 1. The van der Waals surface area contributed by atoms with Crippen LogP contribution in [-0.2, 0) is 4.79 Å². The number of H-pyrrole nitrogens is 1. The summed E-state index contributed by atoms with van der Waals surface area (Å²) in [7, 11) is 0. The first-order valence-electron chi connectivity index (χ1n) is 10.5. The predicted octanol–water partition coefficient (Wildman–Crippen LogP) is 4.61. The Morgan fingerprint density at radius 3 is 2.34 bits per heavy atom. The third-order valence-electron chi connectivity index (χ3n) is 5.34. The maximum atomic E-state index is 13.3. The normalized spacial score (nSPS) is 12.1. The van der Waals surface area contributed by atoms with Crippen molar-refractivity contribution in [1.29, 1.82) is 0 Å². The van der Waals surface area contributed by atoms with Gasteiger partial charge in [0.05, 0.1) is 23.0 Å². The number of rotatable bonds is 6. The first kappa shape index (κ1) is 21.9. The highest BCUT2D eigenvalue weighted by molar-refractivity contribution is 7.99. The average Bonchev–Trinajstić information content (AvgIpc) is 3.14. The lowest BCUT2D eigenvalue weighted by Gasteiger charge is -2.15. The molecule has 0 fully saturated rings. The van der Waals surface area contributed by atoms with Crippen LogP contribution < -0.4 is 10.9 Å². The Bertz CT molecular complexity index is 1320. The number of hydrogen-bond donors (Lipinski definition) is 2. The first-order chi connectivity index (χ1) is 15.3. The fourth-order valence-corrected chi connectivity index (χ4v) is 4.37. The Labute approximate surface area is 191 Å². The van der Waals surface area contributed by atoms with Crippen molar-refractivity contribution in [2.75, 3.05) is 5.75 Å². The summed E-state index contributed by atoms with van der Waals surface area (Å²) in [5, 5.41) is 3.52. The Balaban J connectivity index is 1.59. The topological polar surface area (TPSA) is 79.8 Å². The molecule has 6 nitrogen and oxygen atoms in total. The monoisotopic (exact) mass is 446 g/mol. The van der Waals surface area contributed by atoms with E-state index in [2.05, 4.69) is 15.3 Å². The average molecular weight is 447 g/mol. The number of nitrogens with one attached hydrogen (secondary N) is 2. The summed E-state index contributed by atoms with van der Waals surface area (Å²) in [6.45, 7) is 7.89. The first-order valence-corrected chi connectivity index (χ1v) is 11.5. The molecule has 0 aliphatic rings. The zero-order chi connectivity index (χ0) is 22.8. The van der Waals surface area contributed by atoms with Gasteiger partial charge in [0.1, 0.15) is 5.52 Å². The summed E-state index contributed by atoms with van der Waals surface area (Å²) >= 11 is 1.26. The molecule has 0 bridgehead atoms. The summed E-state index contributed by atoms with van der Waals surface area (Å²) in [4.78, 5) is 33.7. The highest BCUT2D eigenvalue weighted by Gasteiger charge is 2.17. The summed E-state index contributed by atoms with van der Waals surface area (Å²) in [6, 6.07) is 17.5. The molecule has 0 spiro atoms. The van der Waals surface area contributed by atoms with Gasteiger partial charge in [0.2, 0.25) is 5.91 Å². The van der Waals surface area contributed by atoms with Gasteiger partial charge in [-0.15, -0.1) is 0 Å². The number of aryl methyl sites for hydroxylation is 3. The molecule has 0 aliphatic heterocycles. The highest BCUT2D eigenvalue weighted by atomic mass is 32.2. The van der Waals surface area contributed by atoms with E-state index in [-0.39, 0.29) is 23.3 Å².